The molecule has 3 rings (SSSR count). The third kappa shape index (κ3) is 5.03. The van der Waals surface area contributed by atoms with Gasteiger partial charge >= 0.3 is 6.03 Å². The van der Waals surface area contributed by atoms with Crippen molar-refractivity contribution in [1.29, 1.82) is 0 Å². The number of urea groups is 1. The van der Waals surface area contributed by atoms with Crippen LogP contribution in [0.5, 0.6) is 0 Å². The minimum absolute atomic E-state index is 0.407. The van der Waals surface area contributed by atoms with Crippen LogP contribution in [0.1, 0.15) is 45.6 Å². The van der Waals surface area contributed by atoms with Crippen molar-refractivity contribution in [1.82, 2.24) is 10.6 Å². The summed E-state index contributed by atoms with van der Waals surface area (Å²) in [5.74, 6) is -0.518. The van der Waals surface area contributed by atoms with Crippen molar-refractivity contribution < 1.29 is 14.4 Å². The molecule has 144 valence electrons. The molecule has 1 aromatic carbocycles. The second kappa shape index (κ2) is 9.12. The largest absolute Gasteiger partial charge is 0.360 e. The van der Waals surface area contributed by atoms with Crippen molar-refractivity contribution in [2.45, 2.75) is 40.0 Å². The first-order valence-electron chi connectivity index (χ1n) is 9.09. The number of hydrogen-bond donors (Lipinski definition) is 3. The van der Waals surface area contributed by atoms with Crippen LogP contribution in [-0.2, 0) is 9.59 Å². The van der Waals surface area contributed by atoms with Crippen LogP contribution >= 0.6 is 0 Å². The number of amides is 4. The fraction of sp³-hybridized carbons (Fsp3) is 0.400. The Hall–Kier alpha value is -2.96. The number of imide groups is 2. The van der Waals surface area contributed by atoms with Gasteiger partial charge in [-0.05, 0) is 31.2 Å². The zero-order valence-electron chi connectivity index (χ0n) is 15.9. The number of fused-ring (bicyclic) bond motifs is 1. The first kappa shape index (κ1) is 20.4. The first-order valence-corrected chi connectivity index (χ1v) is 9.09. The van der Waals surface area contributed by atoms with Gasteiger partial charge in [-0.25, -0.2) is 4.79 Å². The zero-order valence-corrected chi connectivity index (χ0v) is 15.9. The number of benzene rings is 1. The molecule has 0 saturated carbocycles. The van der Waals surface area contributed by atoms with E-state index in [1.165, 1.54) is 0 Å². The highest BCUT2D eigenvalue weighted by Gasteiger charge is 2.48. The van der Waals surface area contributed by atoms with Crippen molar-refractivity contribution in [3.8, 4) is 0 Å². The van der Waals surface area contributed by atoms with Crippen LogP contribution in [0.25, 0.3) is 0 Å². The molecule has 0 bridgehead atoms. The van der Waals surface area contributed by atoms with E-state index in [9.17, 15) is 14.4 Å². The highest BCUT2D eigenvalue weighted by atomic mass is 16.2. The lowest BCUT2D eigenvalue weighted by Crippen LogP contribution is -2.62. The zero-order chi connectivity index (χ0) is 19.9. The summed E-state index contributed by atoms with van der Waals surface area (Å²) >= 11 is 0. The quantitative estimate of drug-likeness (QED) is 0.709. The maximum atomic E-state index is 11.8. The SMILES string of the molecule is C1=CNc2ccccc2C=N1.CCC1(CCC(C)C)C(=O)NC(=O)NC1=O. The summed E-state index contributed by atoms with van der Waals surface area (Å²) in [7, 11) is 0. The molecule has 4 amide bonds. The number of barbiturate groups is 1. The predicted molar refractivity (Wildman–Crippen MR) is 105 cm³/mol. The van der Waals surface area contributed by atoms with Crippen LogP contribution in [0.2, 0.25) is 0 Å². The highest BCUT2D eigenvalue weighted by molar-refractivity contribution is 6.19. The minimum Gasteiger partial charge on any atom is -0.360 e. The van der Waals surface area contributed by atoms with E-state index in [1.54, 1.807) is 13.1 Å². The number of anilines is 1. The molecule has 1 saturated heterocycles. The second-order valence-electron chi connectivity index (χ2n) is 6.93. The topological polar surface area (TPSA) is 99.7 Å². The number of para-hydroxylation sites is 1. The van der Waals surface area contributed by atoms with E-state index in [4.69, 9.17) is 0 Å². The Labute approximate surface area is 159 Å². The summed E-state index contributed by atoms with van der Waals surface area (Å²) in [6.07, 6.45) is 7.06. The number of carbonyl (C=O) groups excluding carboxylic acids is 3. The van der Waals surface area contributed by atoms with Crippen molar-refractivity contribution in [3.63, 3.8) is 0 Å². The van der Waals surface area contributed by atoms with Crippen molar-refractivity contribution in [3.05, 3.63) is 42.2 Å². The summed E-state index contributed by atoms with van der Waals surface area (Å²) in [6.45, 7) is 5.86. The molecule has 2 aliphatic rings. The fourth-order valence-electron chi connectivity index (χ4n) is 2.87. The molecule has 0 spiro atoms. The molecule has 7 heteroatoms. The van der Waals surface area contributed by atoms with Gasteiger partial charge in [-0.3, -0.25) is 25.2 Å². The Bertz CT molecular complexity index is 748. The normalized spacial score (nSPS) is 17.1. The molecule has 3 N–H and O–H groups in total. The van der Waals surface area contributed by atoms with Crippen molar-refractivity contribution in [2.75, 3.05) is 5.32 Å². The second-order valence-corrected chi connectivity index (χ2v) is 6.93. The van der Waals surface area contributed by atoms with Crippen molar-refractivity contribution in [2.24, 2.45) is 16.3 Å². The van der Waals surface area contributed by atoms with Crippen LogP contribution in [-0.4, -0.2) is 24.1 Å². The summed E-state index contributed by atoms with van der Waals surface area (Å²) in [4.78, 5) is 38.6. The van der Waals surface area contributed by atoms with Crippen LogP contribution in [0.15, 0.2) is 41.7 Å². The molecule has 0 aliphatic carbocycles. The van der Waals surface area contributed by atoms with Gasteiger partial charge in [0.2, 0.25) is 11.8 Å². The van der Waals surface area contributed by atoms with Gasteiger partial charge in [0.05, 0.1) is 0 Å². The van der Waals surface area contributed by atoms with Gasteiger partial charge in [-0.1, -0.05) is 39.0 Å². The lowest BCUT2D eigenvalue weighted by Gasteiger charge is -2.33. The fourth-order valence-corrected chi connectivity index (χ4v) is 2.87. The Morgan fingerprint density at radius 3 is 2.37 bits per heavy atom. The van der Waals surface area contributed by atoms with Gasteiger partial charge in [0.1, 0.15) is 5.41 Å². The minimum atomic E-state index is -1.07. The number of carbonyl (C=O) groups is 3. The van der Waals surface area contributed by atoms with Gasteiger partial charge in [0.25, 0.3) is 0 Å². The van der Waals surface area contributed by atoms with Crippen molar-refractivity contribution >= 4 is 29.7 Å². The van der Waals surface area contributed by atoms with E-state index in [0.29, 0.717) is 18.8 Å². The highest BCUT2D eigenvalue weighted by Crippen LogP contribution is 2.32. The molecule has 0 unspecified atom stereocenters. The molecular weight excluding hydrogens is 344 g/mol. The molecule has 2 heterocycles. The summed E-state index contributed by atoms with van der Waals surface area (Å²) < 4.78 is 0. The van der Waals surface area contributed by atoms with E-state index in [1.807, 2.05) is 50.5 Å². The monoisotopic (exact) mass is 370 g/mol. The van der Waals surface area contributed by atoms with E-state index in [2.05, 4.69) is 20.9 Å². The standard InChI is InChI=1S/C11H18N2O3.C9H8N2/c1-4-11(6-5-7(2)3)8(14)12-10(16)13-9(11)15;1-2-4-9-8(3-1)7-10-5-6-11-9/h7H,4-6H2,1-3H3,(H2,12,13,14,15,16);1-7,11H. The van der Waals surface area contributed by atoms with Crippen LogP contribution in [0.4, 0.5) is 10.5 Å². The summed E-state index contributed by atoms with van der Waals surface area (Å²) in [6, 6.07) is 7.33. The third-order valence-corrected chi connectivity index (χ3v) is 4.65. The molecular formula is C20H26N4O3. The molecule has 1 fully saturated rings. The molecule has 0 radical (unpaired) electrons. The average molecular weight is 370 g/mol. The maximum absolute atomic E-state index is 11.8. The number of rotatable bonds is 4. The lowest BCUT2D eigenvalue weighted by molar-refractivity contribution is -0.145. The lowest BCUT2D eigenvalue weighted by atomic mass is 9.76. The number of nitrogens with zero attached hydrogens (tertiary/aromatic N) is 1. The molecule has 7 nitrogen and oxygen atoms in total. The number of nitrogens with one attached hydrogen (secondary N) is 3. The smallest absolute Gasteiger partial charge is 0.328 e. The molecule has 0 atom stereocenters. The van der Waals surface area contributed by atoms with Crippen LogP contribution in [0, 0.1) is 11.3 Å². The molecule has 0 aromatic heterocycles. The van der Waals surface area contributed by atoms with Gasteiger partial charge in [-0.2, -0.15) is 0 Å². The summed E-state index contributed by atoms with van der Waals surface area (Å²) in [5, 5.41) is 7.45. The third-order valence-electron chi connectivity index (χ3n) is 4.65. The Morgan fingerprint density at radius 2 is 1.74 bits per heavy atom. The number of aliphatic imine (C=N–C) groups is 1. The first-order chi connectivity index (χ1) is 12.9. The maximum Gasteiger partial charge on any atom is 0.328 e. The van der Waals surface area contributed by atoms with E-state index >= 15 is 0 Å². The number of hydrogen-bond acceptors (Lipinski definition) is 5. The van der Waals surface area contributed by atoms with Gasteiger partial charge in [0.15, 0.2) is 0 Å². The van der Waals surface area contributed by atoms with E-state index < -0.39 is 23.3 Å². The molecule has 27 heavy (non-hydrogen) atoms. The molecule has 2 aliphatic heterocycles. The van der Waals surface area contributed by atoms with Gasteiger partial charge in [-0.15, -0.1) is 0 Å². The van der Waals surface area contributed by atoms with Crippen LogP contribution < -0.4 is 16.0 Å². The predicted octanol–water partition coefficient (Wildman–Crippen LogP) is 3.19. The average Bonchev–Trinajstić information content (AvgIpc) is 2.87. The van der Waals surface area contributed by atoms with Gasteiger partial charge in [0, 0.05) is 29.9 Å². The van der Waals surface area contributed by atoms with E-state index in [0.717, 1.165) is 17.7 Å². The van der Waals surface area contributed by atoms with Crippen LogP contribution in [0.3, 0.4) is 0 Å². The van der Waals surface area contributed by atoms with Gasteiger partial charge < -0.3 is 5.32 Å². The Morgan fingerprint density at radius 1 is 1.07 bits per heavy atom. The Balaban J connectivity index is 0.000000206. The summed E-state index contributed by atoms with van der Waals surface area (Å²) in [5.41, 5.74) is 1.15. The van der Waals surface area contributed by atoms with E-state index in [-0.39, 0.29) is 0 Å². The Kier molecular flexibility index (Phi) is 6.87. The molecule has 1 aromatic rings.